The molecule has 0 aromatic carbocycles. The molecule has 6 heteroatoms. The van der Waals surface area contributed by atoms with Gasteiger partial charge in [-0.05, 0) is 25.4 Å². The van der Waals surface area contributed by atoms with Crippen molar-refractivity contribution in [3.8, 4) is 5.88 Å². The number of aromatic nitrogens is 2. The molecule has 86 valence electrons. The van der Waals surface area contributed by atoms with Crippen LogP contribution < -0.4 is 9.64 Å². The maximum atomic E-state index is 11.8. The molecule has 0 N–H and O–H groups in total. The van der Waals surface area contributed by atoms with Gasteiger partial charge in [0.15, 0.2) is 0 Å². The highest BCUT2D eigenvalue weighted by atomic mass is 35.5. The van der Waals surface area contributed by atoms with Crippen LogP contribution in [0.15, 0.2) is 0 Å². The molecule has 1 amide bonds. The highest BCUT2D eigenvalue weighted by molar-refractivity contribution is 6.28. The third-order valence-corrected chi connectivity index (χ3v) is 2.62. The van der Waals surface area contributed by atoms with Crippen LogP contribution in [0.2, 0.25) is 5.28 Å². The molecule has 16 heavy (non-hydrogen) atoms. The highest BCUT2D eigenvalue weighted by Crippen LogP contribution is 2.34. The van der Waals surface area contributed by atoms with Gasteiger partial charge in [0, 0.05) is 6.04 Å². The van der Waals surface area contributed by atoms with Gasteiger partial charge in [-0.1, -0.05) is 0 Å². The van der Waals surface area contributed by atoms with E-state index in [4.69, 9.17) is 16.3 Å². The fourth-order valence-corrected chi connectivity index (χ4v) is 1.99. The Morgan fingerprint density at radius 1 is 1.44 bits per heavy atom. The molecule has 0 radical (unpaired) electrons. The van der Waals surface area contributed by atoms with Crippen LogP contribution in [-0.4, -0.2) is 29.0 Å². The summed E-state index contributed by atoms with van der Waals surface area (Å²) in [5.74, 6) is 0.947. The summed E-state index contributed by atoms with van der Waals surface area (Å²) in [6.07, 6.45) is 0.272. The SMILES string of the molecule is COc1nc(Cl)nc2c1CC(=O)N2C(C)C. The second kappa shape index (κ2) is 3.90. The largest absolute Gasteiger partial charge is 0.481 e. The topological polar surface area (TPSA) is 55.3 Å². The summed E-state index contributed by atoms with van der Waals surface area (Å²) in [6, 6.07) is 0.0458. The average molecular weight is 242 g/mol. The molecule has 5 nitrogen and oxygen atoms in total. The zero-order chi connectivity index (χ0) is 11.9. The minimum Gasteiger partial charge on any atom is -0.481 e. The molecule has 0 unspecified atom stereocenters. The van der Waals surface area contributed by atoms with Gasteiger partial charge in [0.2, 0.25) is 17.1 Å². The van der Waals surface area contributed by atoms with E-state index < -0.39 is 0 Å². The van der Waals surface area contributed by atoms with E-state index in [-0.39, 0.29) is 23.7 Å². The molecule has 0 fully saturated rings. The zero-order valence-corrected chi connectivity index (χ0v) is 10.1. The maximum absolute atomic E-state index is 11.8. The van der Waals surface area contributed by atoms with Crippen LogP contribution in [0.5, 0.6) is 5.88 Å². The lowest BCUT2D eigenvalue weighted by Gasteiger charge is -2.20. The Balaban J connectivity index is 2.57. The lowest BCUT2D eigenvalue weighted by atomic mass is 10.2. The standard InChI is InChI=1S/C10H12ClN3O2/c1-5(2)14-7(15)4-6-8(14)12-10(11)13-9(6)16-3/h5H,4H2,1-3H3. The van der Waals surface area contributed by atoms with Gasteiger partial charge >= 0.3 is 0 Å². The number of ether oxygens (including phenoxy) is 1. The molecule has 1 aliphatic heterocycles. The molecular formula is C10H12ClN3O2. The van der Waals surface area contributed by atoms with Crippen molar-refractivity contribution in [2.24, 2.45) is 0 Å². The Kier molecular flexibility index (Phi) is 2.71. The first kappa shape index (κ1) is 11.1. The zero-order valence-electron chi connectivity index (χ0n) is 9.32. The normalized spacial score (nSPS) is 14.6. The number of halogens is 1. The first-order valence-corrected chi connectivity index (χ1v) is 5.35. The summed E-state index contributed by atoms with van der Waals surface area (Å²) in [6.45, 7) is 3.85. The van der Waals surface area contributed by atoms with E-state index in [1.165, 1.54) is 7.11 Å². The molecule has 0 saturated heterocycles. The maximum Gasteiger partial charge on any atom is 0.233 e. The molecule has 0 spiro atoms. The van der Waals surface area contributed by atoms with Crippen molar-refractivity contribution in [2.45, 2.75) is 26.3 Å². The molecule has 1 aliphatic rings. The van der Waals surface area contributed by atoms with Crippen molar-refractivity contribution >= 4 is 23.3 Å². The van der Waals surface area contributed by atoms with Crippen molar-refractivity contribution in [2.75, 3.05) is 12.0 Å². The third kappa shape index (κ3) is 1.61. The van der Waals surface area contributed by atoms with Gasteiger partial charge < -0.3 is 4.74 Å². The summed E-state index contributed by atoms with van der Waals surface area (Å²) >= 11 is 5.78. The number of carbonyl (C=O) groups is 1. The first-order chi connectivity index (χ1) is 7.54. The number of fused-ring (bicyclic) bond motifs is 1. The van der Waals surface area contributed by atoms with Gasteiger partial charge in [-0.25, -0.2) is 0 Å². The third-order valence-electron chi connectivity index (χ3n) is 2.45. The first-order valence-electron chi connectivity index (χ1n) is 4.97. The lowest BCUT2D eigenvalue weighted by Crippen LogP contribution is -2.34. The summed E-state index contributed by atoms with van der Waals surface area (Å²) in [5, 5.41) is 0.0935. The number of hydrogen-bond acceptors (Lipinski definition) is 4. The van der Waals surface area contributed by atoms with E-state index in [1.807, 2.05) is 13.8 Å². The Morgan fingerprint density at radius 3 is 2.69 bits per heavy atom. The average Bonchev–Trinajstić information content (AvgIpc) is 2.52. The summed E-state index contributed by atoms with van der Waals surface area (Å²) < 4.78 is 5.10. The van der Waals surface area contributed by atoms with Crippen LogP contribution in [0.25, 0.3) is 0 Å². The van der Waals surface area contributed by atoms with Crippen LogP contribution >= 0.6 is 11.6 Å². The smallest absolute Gasteiger partial charge is 0.233 e. The molecule has 2 rings (SSSR count). The van der Waals surface area contributed by atoms with Crippen LogP contribution in [-0.2, 0) is 11.2 Å². The van der Waals surface area contributed by atoms with Crippen LogP contribution in [0.3, 0.4) is 0 Å². The van der Waals surface area contributed by atoms with Crippen LogP contribution in [0, 0.1) is 0 Å². The van der Waals surface area contributed by atoms with E-state index in [9.17, 15) is 4.79 Å². The second-order valence-corrected chi connectivity index (χ2v) is 4.18. The number of amides is 1. The van der Waals surface area contributed by atoms with Crippen molar-refractivity contribution in [1.29, 1.82) is 0 Å². The molecular weight excluding hydrogens is 230 g/mol. The fraction of sp³-hybridized carbons (Fsp3) is 0.500. The van der Waals surface area contributed by atoms with Crippen LogP contribution in [0.4, 0.5) is 5.82 Å². The number of hydrogen-bond donors (Lipinski definition) is 0. The Labute approximate surface area is 98.4 Å². The van der Waals surface area contributed by atoms with Crippen molar-refractivity contribution in [3.63, 3.8) is 0 Å². The van der Waals surface area contributed by atoms with E-state index in [2.05, 4.69) is 9.97 Å². The lowest BCUT2D eigenvalue weighted by molar-refractivity contribution is -0.117. The Morgan fingerprint density at radius 2 is 2.12 bits per heavy atom. The minimum atomic E-state index is -0.000123. The van der Waals surface area contributed by atoms with Gasteiger partial charge in [0.1, 0.15) is 5.82 Å². The fourth-order valence-electron chi connectivity index (χ4n) is 1.84. The predicted octanol–water partition coefficient (Wildman–Crippen LogP) is 1.44. The second-order valence-electron chi connectivity index (χ2n) is 3.84. The molecule has 1 aromatic heterocycles. The van der Waals surface area contributed by atoms with Crippen molar-refractivity contribution in [1.82, 2.24) is 9.97 Å². The minimum absolute atomic E-state index is 0.000123. The number of nitrogens with zero attached hydrogens (tertiary/aromatic N) is 3. The van der Waals surface area contributed by atoms with Gasteiger partial charge in [0.05, 0.1) is 19.1 Å². The molecule has 0 saturated carbocycles. The summed E-state index contributed by atoms with van der Waals surface area (Å²) in [5.41, 5.74) is 0.714. The van der Waals surface area contributed by atoms with Gasteiger partial charge in [-0.2, -0.15) is 9.97 Å². The van der Waals surface area contributed by atoms with E-state index >= 15 is 0 Å². The van der Waals surface area contributed by atoms with E-state index in [1.54, 1.807) is 4.90 Å². The Bertz CT molecular complexity index is 448. The quantitative estimate of drug-likeness (QED) is 0.736. The summed E-state index contributed by atoms with van der Waals surface area (Å²) in [7, 11) is 1.50. The monoisotopic (exact) mass is 241 g/mol. The van der Waals surface area contributed by atoms with E-state index in [0.717, 1.165) is 0 Å². The molecule has 0 atom stereocenters. The van der Waals surface area contributed by atoms with Gasteiger partial charge in [0.25, 0.3) is 0 Å². The number of carbonyl (C=O) groups excluding carboxylic acids is 1. The number of methoxy groups -OCH3 is 1. The van der Waals surface area contributed by atoms with E-state index in [0.29, 0.717) is 17.3 Å². The molecule has 0 aliphatic carbocycles. The van der Waals surface area contributed by atoms with Crippen molar-refractivity contribution < 1.29 is 9.53 Å². The Hall–Kier alpha value is -1.36. The van der Waals surface area contributed by atoms with Gasteiger partial charge in [-0.3, -0.25) is 9.69 Å². The molecule has 1 aromatic rings. The molecule has 2 heterocycles. The predicted molar refractivity (Wildman–Crippen MR) is 59.9 cm³/mol. The molecule has 0 bridgehead atoms. The van der Waals surface area contributed by atoms with Crippen LogP contribution in [0.1, 0.15) is 19.4 Å². The highest BCUT2D eigenvalue weighted by Gasteiger charge is 2.34. The van der Waals surface area contributed by atoms with Crippen molar-refractivity contribution in [3.05, 3.63) is 10.8 Å². The number of rotatable bonds is 2. The summed E-state index contributed by atoms with van der Waals surface area (Å²) in [4.78, 5) is 21.5. The van der Waals surface area contributed by atoms with Gasteiger partial charge in [-0.15, -0.1) is 0 Å². The number of anilines is 1.